The summed E-state index contributed by atoms with van der Waals surface area (Å²) in [6.45, 7) is 3.27. The largest absolute Gasteiger partial charge is 0.361 e. The van der Waals surface area contributed by atoms with Gasteiger partial charge in [0.1, 0.15) is 0 Å². The van der Waals surface area contributed by atoms with Crippen LogP contribution >= 0.6 is 0 Å². The molecular weight excluding hydrogens is 386 g/mol. The van der Waals surface area contributed by atoms with Crippen LogP contribution in [0.2, 0.25) is 0 Å². The Kier molecular flexibility index (Phi) is 5.43. The first-order valence-corrected chi connectivity index (χ1v) is 11.3. The molecule has 7 heteroatoms. The molecular formula is C22H25N3O3S. The van der Waals surface area contributed by atoms with E-state index in [-0.39, 0.29) is 17.2 Å². The van der Waals surface area contributed by atoms with Gasteiger partial charge >= 0.3 is 0 Å². The zero-order valence-corrected chi connectivity index (χ0v) is 17.2. The van der Waals surface area contributed by atoms with Gasteiger partial charge in [0.15, 0.2) is 0 Å². The maximum absolute atomic E-state index is 12.8. The van der Waals surface area contributed by atoms with Crippen LogP contribution in [0.3, 0.4) is 0 Å². The molecule has 1 aliphatic rings. The number of hydrogen-bond donors (Lipinski definition) is 2. The summed E-state index contributed by atoms with van der Waals surface area (Å²) in [6.07, 6.45) is 3.87. The molecule has 2 N–H and O–H groups in total. The number of aromatic nitrogens is 1. The third-order valence-electron chi connectivity index (χ3n) is 5.54. The third-order valence-corrected chi connectivity index (χ3v) is 7.46. The number of H-pyrrole nitrogens is 1. The number of hydrogen-bond acceptors (Lipinski definition) is 3. The second-order valence-electron chi connectivity index (χ2n) is 7.70. The Balaban J connectivity index is 1.42. The number of fused-ring (bicyclic) bond motifs is 1. The van der Waals surface area contributed by atoms with Crippen LogP contribution in [0, 0.1) is 5.92 Å². The number of para-hydroxylation sites is 1. The number of carbonyl (C=O) groups is 1. The summed E-state index contributed by atoms with van der Waals surface area (Å²) in [5.41, 5.74) is 2.51. The van der Waals surface area contributed by atoms with Gasteiger partial charge in [0, 0.05) is 35.9 Å². The molecule has 0 radical (unpaired) electrons. The molecule has 3 aromatic rings. The number of piperidine rings is 1. The maximum Gasteiger partial charge on any atom is 0.243 e. The van der Waals surface area contributed by atoms with Crippen molar-refractivity contribution in [3.05, 3.63) is 60.3 Å². The minimum absolute atomic E-state index is 0.143. The second-order valence-corrected chi connectivity index (χ2v) is 9.63. The second kappa shape index (κ2) is 8.00. The lowest BCUT2D eigenvalue weighted by Gasteiger charge is -2.29. The van der Waals surface area contributed by atoms with Gasteiger partial charge in [-0.15, -0.1) is 0 Å². The van der Waals surface area contributed by atoms with Gasteiger partial charge in [-0.2, -0.15) is 4.31 Å². The topological polar surface area (TPSA) is 82.3 Å². The highest BCUT2D eigenvalue weighted by atomic mass is 32.2. The molecule has 0 spiro atoms. The lowest BCUT2D eigenvalue weighted by molar-refractivity contribution is -0.115. The van der Waals surface area contributed by atoms with E-state index >= 15 is 0 Å². The van der Waals surface area contributed by atoms with Gasteiger partial charge in [-0.1, -0.05) is 25.1 Å². The highest BCUT2D eigenvalue weighted by molar-refractivity contribution is 7.89. The van der Waals surface area contributed by atoms with E-state index in [4.69, 9.17) is 0 Å². The fourth-order valence-electron chi connectivity index (χ4n) is 3.74. The van der Waals surface area contributed by atoms with Crippen molar-refractivity contribution in [2.24, 2.45) is 5.92 Å². The quantitative estimate of drug-likeness (QED) is 0.670. The van der Waals surface area contributed by atoms with Crippen molar-refractivity contribution in [2.75, 3.05) is 18.4 Å². The molecule has 0 aliphatic carbocycles. The Morgan fingerprint density at radius 3 is 2.52 bits per heavy atom. The Morgan fingerprint density at radius 2 is 1.79 bits per heavy atom. The van der Waals surface area contributed by atoms with E-state index in [2.05, 4.69) is 17.2 Å². The molecule has 29 heavy (non-hydrogen) atoms. The summed E-state index contributed by atoms with van der Waals surface area (Å²) in [7, 11) is -3.48. The molecule has 0 atom stereocenters. The van der Waals surface area contributed by atoms with Crippen molar-refractivity contribution in [2.45, 2.75) is 31.1 Å². The van der Waals surface area contributed by atoms with Gasteiger partial charge in [-0.3, -0.25) is 4.79 Å². The molecule has 4 rings (SSSR count). The molecule has 1 saturated heterocycles. The molecule has 1 aromatic heterocycles. The monoisotopic (exact) mass is 411 g/mol. The summed E-state index contributed by atoms with van der Waals surface area (Å²) in [6, 6.07) is 14.3. The zero-order chi connectivity index (χ0) is 20.4. The molecule has 0 saturated carbocycles. The van der Waals surface area contributed by atoms with Crippen molar-refractivity contribution in [1.82, 2.24) is 9.29 Å². The van der Waals surface area contributed by atoms with E-state index in [9.17, 15) is 13.2 Å². The average molecular weight is 412 g/mol. The van der Waals surface area contributed by atoms with Crippen LogP contribution in [0.4, 0.5) is 5.69 Å². The lowest BCUT2D eigenvalue weighted by atomic mass is 10.0. The molecule has 2 aromatic carbocycles. The molecule has 152 valence electrons. The SMILES string of the molecule is CC1CCN(S(=O)(=O)c2ccc(NC(=O)Cc3c[nH]c4ccccc34)cc2)CC1. The summed E-state index contributed by atoms with van der Waals surface area (Å²) in [4.78, 5) is 15.9. The zero-order valence-electron chi connectivity index (χ0n) is 16.4. The van der Waals surface area contributed by atoms with Crippen LogP contribution in [0.25, 0.3) is 10.9 Å². The highest BCUT2D eigenvalue weighted by Gasteiger charge is 2.27. The van der Waals surface area contributed by atoms with Crippen molar-refractivity contribution >= 4 is 32.5 Å². The smallest absolute Gasteiger partial charge is 0.243 e. The molecule has 1 aliphatic heterocycles. The van der Waals surface area contributed by atoms with Gasteiger partial charge in [0.05, 0.1) is 11.3 Å². The van der Waals surface area contributed by atoms with E-state index in [1.165, 1.54) is 0 Å². The number of nitrogens with zero attached hydrogens (tertiary/aromatic N) is 1. The standard InChI is InChI=1S/C22H25N3O3S/c1-16-10-12-25(13-11-16)29(27,28)19-8-6-18(7-9-19)24-22(26)14-17-15-23-21-5-3-2-4-20(17)21/h2-9,15-16,23H,10-14H2,1H3,(H,24,26). The van der Waals surface area contributed by atoms with E-state index in [0.29, 0.717) is 24.7 Å². The van der Waals surface area contributed by atoms with E-state index < -0.39 is 10.0 Å². The number of sulfonamides is 1. The Morgan fingerprint density at radius 1 is 1.10 bits per heavy atom. The van der Waals surface area contributed by atoms with Crippen molar-refractivity contribution in [1.29, 1.82) is 0 Å². The summed E-state index contributed by atoms with van der Waals surface area (Å²) in [5.74, 6) is 0.423. The normalized spacial score (nSPS) is 16.2. The molecule has 2 heterocycles. The fourth-order valence-corrected chi connectivity index (χ4v) is 5.21. The highest BCUT2D eigenvalue weighted by Crippen LogP contribution is 2.24. The first-order chi connectivity index (χ1) is 13.9. The molecule has 6 nitrogen and oxygen atoms in total. The van der Waals surface area contributed by atoms with Crippen LogP contribution in [0.1, 0.15) is 25.3 Å². The number of carbonyl (C=O) groups excluding carboxylic acids is 1. The van der Waals surface area contributed by atoms with Gasteiger partial charge in [-0.05, 0) is 54.7 Å². The van der Waals surface area contributed by atoms with E-state index in [1.54, 1.807) is 28.6 Å². The fraction of sp³-hybridized carbons (Fsp3) is 0.318. The van der Waals surface area contributed by atoms with Crippen LogP contribution in [0.5, 0.6) is 0 Å². The van der Waals surface area contributed by atoms with Gasteiger partial charge in [0.25, 0.3) is 0 Å². The van der Waals surface area contributed by atoms with Gasteiger partial charge < -0.3 is 10.3 Å². The number of rotatable bonds is 5. The molecule has 0 bridgehead atoms. The lowest BCUT2D eigenvalue weighted by Crippen LogP contribution is -2.37. The molecule has 0 unspecified atom stereocenters. The van der Waals surface area contributed by atoms with Crippen molar-refractivity contribution in [3.8, 4) is 0 Å². The summed E-state index contributed by atoms with van der Waals surface area (Å²) in [5, 5.41) is 3.88. The third kappa shape index (κ3) is 4.21. The Hall–Kier alpha value is -2.64. The number of amides is 1. The van der Waals surface area contributed by atoms with Crippen molar-refractivity contribution in [3.63, 3.8) is 0 Å². The molecule has 1 amide bonds. The van der Waals surface area contributed by atoms with Crippen LogP contribution in [-0.2, 0) is 21.2 Å². The predicted octanol–water partition coefficient (Wildman–Crippen LogP) is 3.77. The first kappa shape index (κ1) is 19.7. The first-order valence-electron chi connectivity index (χ1n) is 9.88. The van der Waals surface area contributed by atoms with E-state index in [0.717, 1.165) is 29.3 Å². The van der Waals surface area contributed by atoms with Gasteiger partial charge in [-0.25, -0.2) is 8.42 Å². The van der Waals surface area contributed by atoms with E-state index in [1.807, 2.05) is 30.5 Å². The van der Waals surface area contributed by atoms with Crippen LogP contribution in [0.15, 0.2) is 59.6 Å². The van der Waals surface area contributed by atoms with Crippen molar-refractivity contribution < 1.29 is 13.2 Å². The van der Waals surface area contributed by atoms with Gasteiger partial charge in [0.2, 0.25) is 15.9 Å². The molecule has 1 fully saturated rings. The Bertz CT molecular complexity index is 1110. The summed E-state index contributed by atoms with van der Waals surface area (Å²) < 4.78 is 27.2. The predicted molar refractivity (Wildman–Crippen MR) is 114 cm³/mol. The number of anilines is 1. The Labute approximate surface area is 171 Å². The van der Waals surface area contributed by atoms with Crippen LogP contribution < -0.4 is 5.32 Å². The number of nitrogens with one attached hydrogen (secondary N) is 2. The number of aromatic amines is 1. The van der Waals surface area contributed by atoms with Crippen LogP contribution in [-0.4, -0.2) is 36.7 Å². The average Bonchev–Trinajstić information content (AvgIpc) is 3.11. The summed E-state index contributed by atoms with van der Waals surface area (Å²) >= 11 is 0. The minimum Gasteiger partial charge on any atom is -0.361 e. The minimum atomic E-state index is -3.48. The number of benzene rings is 2. The maximum atomic E-state index is 12.8.